The molecule has 0 atom stereocenters. The maximum Gasteiger partial charge on any atom is 0.175 e. The highest BCUT2D eigenvalue weighted by Gasteiger charge is 2.29. The standard InChI is InChI=1S/C29H31FN6OS.C23H25FN4/c1-19-27(20(2)37-34-19)33-29(38)32-25-17-23(30)26(18-24(25)31)35-13-15-36(16-14-35)28(21-9-5-3-6-10-21)22-11-7-4-8-12-22;24-19-15-20(25)21(26)16-22(19)27-11-13-28(14-12-27)23(17-7-3-1-4-8-17)18-9-5-2-6-10-18/h3-12,17-18,28H,13-16,31H2,1-2H3,(H2,32,33,38);1-10,15-16,23H,11-14,25-26H2. The van der Waals surface area contributed by atoms with Crippen LogP contribution < -0.4 is 37.6 Å². The number of thiocarbonyl (C=S) groups is 1. The van der Waals surface area contributed by atoms with Crippen LogP contribution in [-0.4, -0.2) is 72.4 Å². The van der Waals surface area contributed by atoms with Crippen molar-refractivity contribution in [3.63, 3.8) is 0 Å². The number of hydrogen-bond donors (Lipinski definition) is 5. The Labute approximate surface area is 390 Å². The van der Waals surface area contributed by atoms with Gasteiger partial charge in [-0.1, -0.05) is 126 Å². The molecule has 2 aliphatic heterocycles. The van der Waals surface area contributed by atoms with Gasteiger partial charge in [0.25, 0.3) is 0 Å². The zero-order valence-corrected chi connectivity index (χ0v) is 38.0. The quantitative estimate of drug-likeness (QED) is 0.0660. The van der Waals surface area contributed by atoms with Gasteiger partial charge in [-0.05, 0) is 60.5 Å². The van der Waals surface area contributed by atoms with Gasteiger partial charge in [-0.15, -0.1) is 0 Å². The van der Waals surface area contributed by atoms with Crippen molar-refractivity contribution in [3.8, 4) is 0 Å². The van der Waals surface area contributed by atoms with Crippen LogP contribution in [0, 0.1) is 25.5 Å². The SMILES string of the molecule is Cc1noc(C)c1NC(=S)Nc1cc(F)c(N2CCN(C(c3ccccc3)c3ccccc3)CC2)cc1N.Nc1cc(F)c(N2CCN(C(c3ccccc3)c3ccccc3)CC2)cc1N. The number of rotatable bonds is 10. The lowest BCUT2D eigenvalue weighted by atomic mass is 9.96. The molecule has 0 radical (unpaired) electrons. The third kappa shape index (κ3) is 10.6. The average Bonchev–Trinajstić information content (AvgIpc) is 3.65. The minimum atomic E-state index is -0.349. The van der Waals surface area contributed by atoms with Gasteiger partial charge in [0.2, 0.25) is 0 Å². The van der Waals surface area contributed by atoms with Crippen LogP contribution in [0.15, 0.2) is 150 Å². The number of nitrogen functional groups attached to an aromatic ring is 3. The maximum absolute atomic E-state index is 15.3. The fourth-order valence-electron chi connectivity index (χ4n) is 8.90. The molecule has 340 valence electrons. The summed E-state index contributed by atoms with van der Waals surface area (Å²) in [6, 6.07) is 48.5. The van der Waals surface area contributed by atoms with Crippen molar-refractivity contribution in [1.29, 1.82) is 0 Å². The lowest BCUT2D eigenvalue weighted by Gasteiger charge is -2.41. The fraction of sp³-hybridized carbons (Fsp3) is 0.231. The molecular weight excluding hydrogens is 851 g/mol. The number of nitrogens with zero attached hydrogens (tertiary/aromatic N) is 5. The summed E-state index contributed by atoms with van der Waals surface area (Å²) >= 11 is 5.40. The molecule has 0 amide bonds. The number of nitrogens with two attached hydrogens (primary N) is 3. The van der Waals surface area contributed by atoms with Crippen LogP contribution in [0.1, 0.15) is 45.8 Å². The smallest absolute Gasteiger partial charge is 0.175 e. The van der Waals surface area contributed by atoms with Crippen LogP contribution in [0.25, 0.3) is 0 Å². The van der Waals surface area contributed by atoms with E-state index in [1.54, 1.807) is 19.1 Å². The summed E-state index contributed by atoms with van der Waals surface area (Å²) in [5.41, 5.74) is 26.9. The summed E-state index contributed by atoms with van der Waals surface area (Å²) in [6.07, 6.45) is 0. The highest BCUT2D eigenvalue weighted by molar-refractivity contribution is 7.80. The van der Waals surface area contributed by atoms with Gasteiger partial charge >= 0.3 is 0 Å². The molecule has 14 heteroatoms. The molecule has 0 spiro atoms. The van der Waals surface area contributed by atoms with Gasteiger partial charge in [0.15, 0.2) is 10.9 Å². The molecule has 11 nitrogen and oxygen atoms in total. The molecule has 0 bridgehead atoms. The Hall–Kier alpha value is -7.00. The maximum atomic E-state index is 15.3. The van der Waals surface area contributed by atoms with Crippen molar-refractivity contribution in [1.82, 2.24) is 15.0 Å². The number of nitrogens with one attached hydrogen (secondary N) is 2. The molecule has 0 saturated carbocycles. The molecule has 0 unspecified atom stereocenters. The highest BCUT2D eigenvalue weighted by atomic mass is 32.1. The van der Waals surface area contributed by atoms with E-state index in [0.717, 1.165) is 39.3 Å². The summed E-state index contributed by atoms with van der Waals surface area (Å²) in [5.74, 6) is -0.0529. The zero-order valence-electron chi connectivity index (χ0n) is 37.2. The van der Waals surface area contributed by atoms with Crippen LogP contribution >= 0.6 is 12.2 Å². The van der Waals surface area contributed by atoms with Crippen LogP contribution in [-0.2, 0) is 0 Å². The van der Waals surface area contributed by atoms with Crippen LogP contribution in [0.2, 0.25) is 0 Å². The topological polar surface area (TPSA) is 141 Å². The molecule has 8 N–H and O–H groups in total. The van der Waals surface area contributed by atoms with Gasteiger partial charge in [0.1, 0.15) is 23.0 Å². The molecule has 9 rings (SSSR count). The Morgan fingerprint density at radius 2 is 0.924 bits per heavy atom. The van der Waals surface area contributed by atoms with Crippen molar-refractivity contribution in [3.05, 3.63) is 191 Å². The highest BCUT2D eigenvalue weighted by Crippen LogP contribution is 2.35. The minimum absolute atomic E-state index is 0.146. The van der Waals surface area contributed by atoms with E-state index in [1.165, 1.54) is 34.4 Å². The first-order valence-electron chi connectivity index (χ1n) is 22.2. The average molecular weight is 907 g/mol. The number of benzene rings is 6. The van der Waals surface area contributed by atoms with Gasteiger partial charge < -0.3 is 42.2 Å². The Bertz CT molecular complexity index is 2600. The molecule has 2 fully saturated rings. The van der Waals surface area contributed by atoms with E-state index >= 15 is 4.39 Å². The van der Waals surface area contributed by atoms with E-state index < -0.39 is 0 Å². The predicted octanol–water partition coefficient (Wildman–Crippen LogP) is 9.63. The van der Waals surface area contributed by atoms with E-state index in [4.69, 9.17) is 33.9 Å². The summed E-state index contributed by atoms with van der Waals surface area (Å²) in [7, 11) is 0. The third-order valence-corrected chi connectivity index (χ3v) is 12.5. The van der Waals surface area contributed by atoms with Gasteiger partial charge in [-0.25, -0.2) is 8.78 Å². The van der Waals surface area contributed by atoms with Crippen molar-refractivity contribution in [2.45, 2.75) is 25.9 Å². The second-order valence-corrected chi connectivity index (χ2v) is 17.0. The summed E-state index contributed by atoms with van der Waals surface area (Å²) in [6.45, 7) is 9.68. The summed E-state index contributed by atoms with van der Waals surface area (Å²) in [4.78, 5) is 9.02. The number of aromatic nitrogens is 1. The minimum Gasteiger partial charge on any atom is -0.397 e. The Morgan fingerprint density at radius 1 is 0.545 bits per heavy atom. The first-order valence-corrected chi connectivity index (χ1v) is 22.6. The molecule has 1 aromatic heterocycles. The summed E-state index contributed by atoms with van der Waals surface area (Å²) < 4.78 is 34.9. The van der Waals surface area contributed by atoms with E-state index in [9.17, 15) is 4.39 Å². The molecule has 66 heavy (non-hydrogen) atoms. The second kappa shape index (κ2) is 20.9. The molecule has 7 aromatic rings. The van der Waals surface area contributed by atoms with Gasteiger partial charge in [0.05, 0.1) is 46.2 Å². The Morgan fingerprint density at radius 3 is 1.32 bits per heavy atom. The largest absolute Gasteiger partial charge is 0.397 e. The second-order valence-electron chi connectivity index (χ2n) is 16.6. The third-order valence-electron chi connectivity index (χ3n) is 12.3. The molecular formula is C52H56F2N10OS. The van der Waals surface area contributed by atoms with E-state index in [1.807, 2.05) is 31.2 Å². The lowest BCUT2D eigenvalue weighted by Crippen LogP contribution is -2.48. The van der Waals surface area contributed by atoms with E-state index in [0.29, 0.717) is 58.7 Å². The van der Waals surface area contributed by atoms with Crippen LogP contribution in [0.4, 0.5) is 48.6 Å². The first kappa shape index (κ1) is 45.6. The van der Waals surface area contributed by atoms with Gasteiger partial charge in [-0.2, -0.15) is 0 Å². The van der Waals surface area contributed by atoms with E-state index in [2.05, 4.69) is 132 Å². The monoisotopic (exact) mass is 906 g/mol. The molecule has 0 aliphatic carbocycles. The molecule has 6 aromatic carbocycles. The van der Waals surface area contributed by atoms with Crippen molar-refractivity contribution in [2.75, 3.05) is 90.0 Å². The van der Waals surface area contributed by atoms with Gasteiger partial charge in [-0.3, -0.25) is 9.80 Å². The Balaban J connectivity index is 0.000000188. The number of halogens is 2. The fourth-order valence-corrected chi connectivity index (χ4v) is 9.12. The summed E-state index contributed by atoms with van der Waals surface area (Å²) in [5, 5.41) is 10.2. The molecule has 3 heterocycles. The van der Waals surface area contributed by atoms with Crippen molar-refractivity contribution >= 4 is 57.1 Å². The van der Waals surface area contributed by atoms with E-state index in [-0.39, 0.29) is 34.5 Å². The number of hydrogen-bond acceptors (Lipinski definition) is 10. The number of anilines is 7. The molecule has 2 aliphatic rings. The first-order chi connectivity index (χ1) is 32.0. The van der Waals surface area contributed by atoms with Crippen LogP contribution in [0.5, 0.6) is 0 Å². The van der Waals surface area contributed by atoms with Crippen molar-refractivity contribution < 1.29 is 13.3 Å². The van der Waals surface area contributed by atoms with Crippen LogP contribution in [0.3, 0.4) is 0 Å². The number of aryl methyl sites for hydroxylation is 2. The Kier molecular flexibility index (Phi) is 14.4. The van der Waals surface area contributed by atoms with Crippen molar-refractivity contribution in [2.24, 2.45) is 0 Å². The predicted molar refractivity (Wildman–Crippen MR) is 269 cm³/mol. The number of piperazine rings is 2. The zero-order chi connectivity index (χ0) is 46.2. The molecule has 2 saturated heterocycles. The van der Waals surface area contributed by atoms with Gasteiger partial charge in [0, 0.05) is 64.5 Å². The lowest BCUT2D eigenvalue weighted by molar-refractivity contribution is 0.212. The normalized spacial score (nSPS) is 14.5.